The Balaban J connectivity index is 1.49. The lowest BCUT2D eigenvalue weighted by Crippen LogP contribution is -2.41. The standard InChI is InChI=1S/C17H15N3O2S/c21-15(19-20-17(22)12-6-2-1-3-7-12)10-11-16-18-13-8-4-5-9-14(13)23-16/h1-9H,10-11H2,(H,19,21)(H,20,22). The number of aromatic nitrogens is 1. The van der Waals surface area contributed by atoms with Crippen LogP contribution in [0.3, 0.4) is 0 Å². The molecule has 0 aliphatic carbocycles. The summed E-state index contributed by atoms with van der Waals surface area (Å²) in [6.45, 7) is 0. The van der Waals surface area contributed by atoms with E-state index in [0.717, 1.165) is 15.2 Å². The van der Waals surface area contributed by atoms with Gasteiger partial charge in [-0.05, 0) is 24.3 Å². The number of nitrogens with zero attached hydrogens (tertiary/aromatic N) is 1. The maximum Gasteiger partial charge on any atom is 0.269 e. The lowest BCUT2D eigenvalue weighted by Gasteiger charge is -2.06. The topological polar surface area (TPSA) is 71.1 Å². The predicted octanol–water partition coefficient (Wildman–Crippen LogP) is 2.69. The minimum absolute atomic E-state index is 0.242. The van der Waals surface area contributed by atoms with Crippen LogP contribution in [0.15, 0.2) is 54.6 Å². The largest absolute Gasteiger partial charge is 0.273 e. The summed E-state index contributed by atoms with van der Waals surface area (Å²) in [6, 6.07) is 16.6. The molecule has 3 aromatic rings. The summed E-state index contributed by atoms with van der Waals surface area (Å²) in [7, 11) is 0. The molecule has 0 unspecified atom stereocenters. The molecule has 0 bridgehead atoms. The van der Waals surface area contributed by atoms with Crippen LogP contribution in [0.5, 0.6) is 0 Å². The molecule has 1 heterocycles. The normalized spacial score (nSPS) is 10.4. The van der Waals surface area contributed by atoms with Gasteiger partial charge in [-0.25, -0.2) is 4.98 Å². The number of hydrogen-bond acceptors (Lipinski definition) is 4. The highest BCUT2D eigenvalue weighted by Crippen LogP contribution is 2.22. The molecule has 2 N–H and O–H groups in total. The first-order valence-electron chi connectivity index (χ1n) is 7.21. The summed E-state index contributed by atoms with van der Waals surface area (Å²) in [5.74, 6) is -0.576. The fraction of sp³-hybridized carbons (Fsp3) is 0.118. The Hall–Kier alpha value is -2.73. The SMILES string of the molecule is O=C(CCc1nc2ccccc2s1)NNC(=O)c1ccccc1. The molecule has 0 saturated carbocycles. The van der Waals surface area contributed by atoms with Crippen LogP contribution in [0.1, 0.15) is 21.8 Å². The molecule has 5 nitrogen and oxygen atoms in total. The van der Waals surface area contributed by atoms with Crippen LogP contribution in [0.2, 0.25) is 0 Å². The molecule has 0 aliphatic rings. The zero-order valence-corrected chi connectivity index (χ0v) is 13.1. The number of carbonyl (C=O) groups is 2. The molecular weight excluding hydrogens is 310 g/mol. The average molecular weight is 325 g/mol. The number of thiazole rings is 1. The second-order valence-corrected chi connectivity index (χ2v) is 6.06. The molecule has 0 spiro atoms. The van der Waals surface area contributed by atoms with Crippen LogP contribution in [-0.2, 0) is 11.2 Å². The van der Waals surface area contributed by atoms with Gasteiger partial charge in [-0.1, -0.05) is 30.3 Å². The van der Waals surface area contributed by atoms with E-state index in [1.54, 1.807) is 35.6 Å². The highest BCUT2D eigenvalue weighted by Gasteiger charge is 2.09. The van der Waals surface area contributed by atoms with Crippen molar-refractivity contribution in [3.8, 4) is 0 Å². The maximum absolute atomic E-state index is 11.8. The molecule has 0 fully saturated rings. The fourth-order valence-corrected chi connectivity index (χ4v) is 3.06. The van der Waals surface area contributed by atoms with E-state index < -0.39 is 0 Å². The van der Waals surface area contributed by atoms with Gasteiger partial charge in [0.15, 0.2) is 0 Å². The van der Waals surface area contributed by atoms with Crippen LogP contribution in [-0.4, -0.2) is 16.8 Å². The molecule has 2 aromatic carbocycles. The molecule has 23 heavy (non-hydrogen) atoms. The first-order valence-corrected chi connectivity index (χ1v) is 8.03. The van der Waals surface area contributed by atoms with Crippen LogP contribution in [0, 0.1) is 0 Å². The van der Waals surface area contributed by atoms with E-state index in [1.165, 1.54) is 0 Å². The number of fused-ring (bicyclic) bond motifs is 1. The van der Waals surface area contributed by atoms with E-state index in [2.05, 4.69) is 15.8 Å². The van der Waals surface area contributed by atoms with Crippen LogP contribution in [0.25, 0.3) is 10.2 Å². The Labute approximate surface area is 137 Å². The molecule has 6 heteroatoms. The highest BCUT2D eigenvalue weighted by atomic mass is 32.1. The van der Waals surface area contributed by atoms with Crippen molar-refractivity contribution in [2.24, 2.45) is 0 Å². The van der Waals surface area contributed by atoms with E-state index in [4.69, 9.17) is 0 Å². The Morgan fingerprint density at radius 3 is 2.48 bits per heavy atom. The van der Waals surface area contributed by atoms with Crippen molar-refractivity contribution in [1.82, 2.24) is 15.8 Å². The number of para-hydroxylation sites is 1. The number of rotatable bonds is 4. The maximum atomic E-state index is 11.8. The van der Waals surface area contributed by atoms with Gasteiger partial charge < -0.3 is 0 Å². The predicted molar refractivity (Wildman–Crippen MR) is 90.0 cm³/mol. The van der Waals surface area contributed by atoms with Crippen molar-refractivity contribution in [2.75, 3.05) is 0 Å². The van der Waals surface area contributed by atoms with Gasteiger partial charge in [-0.15, -0.1) is 11.3 Å². The number of aryl methyl sites for hydroxylation is 1. The number of hydrazine groups is 1. The van der Waals surface area contributed by atoms with E-state index >= 15 is 0 Å². The van der Waals surface area contributed by atoms with Crippen molar-refractivity contribution in [1.29, 1.82) is 0 Å². The second kappa shape index (κ2) is 7.02. The quantitative estimate of drug-likeness (QED) is 0.725. The minimum atomic E-state index is -0.334. The zero-order valence-electron chi connectivity index (χ0n) is 12.3. The summed E-state index contributed by atoms with van der Waals surface area (Å²) in [5, 5.41) is 0.913. The molecule has 1 aromatic heterocycles. The van der Waals surface area contributed by atoms with Gasteiger partial charge in [0.2, 0.25) is 5.91 Å². The molecule has 0 saturated heterocycles. The van der Waals surface area contributed by atoms with Crippen LogP contribution < -0.4 is 10.9 Å². The number of benzene rings is 2. The lowest BCUT2D eigenvalue weighted by atomic mass is 10.2. The Kier molecular flexibility index (Phi) is 4.63. The van der Waals surface area contributed by atoms with Crippen LogP contribution in [0.4, 0.5) is 0 Å². The molecule has 2 amide bonds. The summed E-state index contributed by atoms with van der Waals surface area (Å²) >= 11 is 1.58. The third-order valence-electron chi connectivity index (χ3n) is 3.26. The van der Waals surface area contributed by atoms with Gasteiger partial charge in [-0.3, -0.25) is 20.4 Å². The molecule has 0 atom stereocenters. The zero-order chi connectivity index (χ0) is 16.1. The number of hydrogen-bond donors (Lipinski definition) is 2. The summed E-state index contributed by atoms with van der Waals surface area (Å²) in [5.41, 5.74) is 6.28. The van der Waals surface area contributed by atoms with Gasteiger partial charge in [0.05, 0.1) is 15.2 Å². The third-order valence-corrected chi connectivity index (χ3v) is 4.35. The molecule has 0 aliphatic heterocycles. The monoisotopic (exact) mass is 325 g/mol. The van der Waals surface area contributed by atoms with E-state index in [9.17, 15) is 9.59 Å². The van der Waals surface area contributed by atoms with Gasteiger partial charge in [-0.2, -0.15) is 0 Å². The molecule has 116 valence electrons. The Bertz CT molecular complexity index is 797. The van der Waals surface area contributed by atoms with Gasteiger partial charge in [0.1, 0.15) is 0 Å². The Morgan fingerprint density at radius 2 is 1.70 bits per heavy atom. The van der Waals surface area contributed by atoms with Gasteiger partial charge >= 0.3 is 0 Å². The third kappa shape index (κ3) is 3.92. The summed E-state index contributed by atoms with van der Waals surface area (Å²) < 4.78 is 1.11. The summed E-state index contributed by atoms with van der Waals surface area (Å²) in [6.07, 6.45) is 0.821. The van der Waals surface area contributed by atoms with E-state index in [-0.39, 0.29) is 18.2 Å². The highest BCUT2D eigenvalue weighted by molar-refractivity contribution is 7.18. The van der Waals surface area contributed by atoms with Crippen molar-refractivity contribution in [2.45, 2.75) is 12.8 Å². The second-order valence-electron chi connectivity index (χ2n) is 4.94. The van der Waals surface area contributed by atoms with E-state index in [1.807, 2.05) is 30.3 Å². The van der Waals surface area contributed by atoms with E-state index in [0.29, 0.717) is 12.0 Å². The van der Waals surface area contributed by atoms with Crippen molar-refractivity contribution >= 4 is 33.4 Å². The molecule has 0 radical (unpaired) electrons. The average Bonchev–Trinajstić information content (AvgIpc) is 3.01. The molecule has 3 rings (SSSR count). The lowest BCUT2D eigenvalue weighted by molar-refractivity contribution is -0.121. The Morgan fingerprint density at radius 1 is 0.957 bits per heavy atom. The van der Waals surface area contributed by atoms with Crippen molar-refractivity contribution in [3.05, 3.63) is 65.2 Å². The minimum Gasteiger partial charge on any atom is -0.273 e. The van der Waals surface area contributed by atoms with Gasteiger partial charge in [0.25, 0.3) is 5.91 Å². The molecular formula is C17H15N3O2S. The number of carbonyl (C=O) groups excluding carboxylic acids is 2. The van der Waals surface area contributed by atoms with Gasteiger partial charge in [0, 0.05) is 18.4 Å². The first kappa shape index (κ1) is 15.2. The number of amides is 2. The van der Waals surface area contributed by atoms with Crippen LogP contribution >= 0.6 is 11.3 Å². The first-order chi connectivity index (χ1) is 11.2. The van der Waals surface area contributed by atoms with Crippen molar-refractivity contribution < 1.29 is 9.59 Å². The fourth-order valence-electron chi connectivity index (χ4n) is 2.10. The summed E-state index contributed by atoms with van der Waals surface area (Å²) in [4.78, 5) is 28.1. The smallest absolute Gasteiger partial charge is 0.269 e. The van der Waals surface area contributed by atoms with Crippen molar-refractivity contribution in [3.63, 3.8) is 0 Å². The number of nitrogens with one attached hydrogen (secondary N) is 2.